The van der Waals surface area contributed by atoms with E-state index in [0.717, 1.165) is 32.4 Å². The Bertz CT molecular complexity index is 406. The predicted octanol–water partition coefficient (Wildman–Crippen LogP) is 4.66. The molecule has 0 N–H and O–H groups in total. The highest BCUT2D eigenvalue weighted by Gasteiger charge is 2.15. The van der Waals surface area contributed by atoms with Gasteiger partial charge in [-0.15, -0.1) is 11.3 Å². The number of nitrogens with zero attached hydrogens (tertiary/aromatic N) is 2. The number of nitriles is 1. The van der Waals surface area contributed by atoms with Crippen molar-refractivity contribution in [1.29, 1.82) is 5.26 Å². The molecule has 0 aromatic carbocycles. The second-order valence-electron chi connectivity index (χ2n) is 5.45. The van der Waals surface area contributed by atoms with Crippen LogP contribution in [0.1, 0.15) is 38.7 Å². The van der Waals surface area contributed by atoms with Crippen molar-refractivity contribution in [2.24, 2.45) is 5.41 Å². The van der Waals surface area contributed by atoms with Gasteiger partial charge in [-0.2, -0.15) is 5.26 Å². The Labute approximate surface area is 123 Å². The van der Waals surface area contributed by atoms with Gasteiger partial charge in [-0.1, -0.05) is 6.42 Å². The number of hydrogen-bond donors (Lipinski definition) is 0. The lowest BCUT2D eigenvalue weighted by Gasteiger charge is -2.18. The van der Waals surface area contributed by atoms with E-state index < -0.39 is 0 Å². The first-order valence-corrected chi connectivity index (χ1v) is 7.93. The van der Waals surface area contributed by atoms with Crippen LogP contribution in [0, 0.1) is 16.7 Å². The van der Waals surface area contributed by atoms with Crippen molar-refractivity contribution in [2.45, 2.75) is 39.7 Å². The van der Waals surface area contributed by atoms with E-state index in [1.165, 1.54) is 9.35 Å². The van der Waals surface area contributed by atoms with Crippen LogP contribution in [0.3, 0.4) is 0 Å². The fourth-order valence-electron chi connectivity index (χ4n) is 1.82. The van der Waals surface area contributed by atoms with Crippen LogP contribution in [0.4, 0.5) is 0 Å². The van der Waals surface area contributed by atoms with Gasteiger partial charge in [-0.25, -0.2) is 0 Å². The highest BCUT2D eigenvalue weighted by Crippen LogP contribution is 2.23. The average Bonchev–Trinajstić information content (AvgIpc) is 2.70. The van der Waals surface area contributed by atoms with Crippen molar-refractivity contribution in [3.63, 3.8) is 0 Å². The average molecular weight is 329 g/mol. The fourth-order valence-corrected chi connectivity index (χ4v) is 3.02. The van der Waals surface area contributed by atoms with E-state index in [4.69, 9.17) is 5.26 Å². The number of rotatable bonds is 7. The minimum Gasteiger partial charge on any atom is -0.302 e. The van der Waals surface area contributed by atoms with Crippen LogP contribution >= 0.6 is 27.3 Å². The molecule has 1 aromatic heterocycles. The van der Waals surface area contributed by atoms with Crippen LogP contribution in [-0.4, -0.2) is 18.5 Å². The summed E-state index contributed by atoms with van der Waals surface area (Å²) < 4.78 is 1.20. The number of halogens is 1. The minimum atomic E-state index is -0.170. The van der Waals surface area contributed by atoms with Crippen LogP contribution in [0.2, 0.25) is 0 Å². The smallest absolute Gasteiger partial charge is 0.0701 e. The van der Waals surface area contributed by atoms with Crippen molar-refractivity contribution in [3.8, 4) is 6.07 Å². The summed E-state index contributed by atoms with van der Waals surface area (Å²) in [4.78, 5) is 2.34. The molecule has 4 heteroatoms. The summed E-state index contributed by atoms with van der Waals surface area (Å²) in [5, 5.41) is 11.1. The van der Waals surface area contributed by atoms with Crippen molar-refractivity contribution in [2.75, 3.05) is 13.6 Å². The zero-order chi connectivity index (χ0) is 13.6. The van der Waals surface area contributed by atoms with Gasteiger partial charge in [0.2, 0.25) is 0 Å². The van der Waals surface area contributed by atoms with E-state index in [1.54, 1.807) is 11.3 Å². The van der Waals surface area contributed by atoms with Gasteiger partial charge in [0.05, 0.1) is 15.3 Å². The van der Waals surface area contributed by atoms with Gasteiger partial charge in [0.1, 0.15) is 0 Å². The first kappa shape index (κ1) is 15.7. The van der Waals surface area contributed by atoms with Gasteiger partial charge in [0.15, 0.2) is 0 Å². The van der Waals surface area contributed by atoms with E-state index in [-0.39, 0.29) is 5.41 Å². The zero-order valence-corrected chi connectivity index (χ0v) is 13.8. The third kappa shape index (κ3) is 5.99. The van der Waals surface area contributed by atoms with Crippen LogP contribution < -0.4 is 0 Å². The molecule has 2 nitrogen and oxygen atoms in total. The van der Waals surface area contributed by atoms with Crippen LogP contribution in [0.25, 0.3) is 0 Å². The molecule has 0 amide bonds. The topological polar surface area (TPSA) is 27.0 Å². The quantitative estimate of drug-likeness (QED) is 0.680. The molecule has 0 saturated carbocycles. The molecule has 100 valence electrons. The fraction of sp³-hybridized carbons (Fsp3) is 0.643. The van der Waals surface area contributed by atoms with Crippen molar-refractivity contribution < 1.29 is 0 Å². The molecule has 0 aliphatic rings. The molecule has 0 spiro atoms. The summed E-state index contributed by atoms with van der Waals surface area (Å²) in [6, 6.07) is 4.54. The highest BCUT2D eigenvalue weighted by molar-refractivity contribution is 9.11. The SMILES string of the molecule is CN(CCCCC(C)(C)C#N)Cc1csc(Br)c1. The maximum Gasteiger partial charge on any atom is 0.0701 e. The standard InChI is InChI=1S/C14H21BrN2S/c1-14(2,11-16)6-4-5-7-17(3)9-12-8-13(15)18-10-12/h8,10H,4-7,9H2,1-3H3. The van der Waals surface area contributed by atoms with Crippen molar-refractivity contribution in [1.82, 2.24) is 4.90 Å². The molecule has 0 fully saturated rings. The Kier molecular flexibility index (Phi) is 6.34. The van der Waals surface area contributed by atoms with E-state index in [0.29, 0.717) is 0 Å². The summed E-state index contributed by atoms with van der Waals surface area (Å²) >= 11 is 5.22. The number of thiophene rings is 1. The number of hydrogen-bond acceptors (Lipinski definition) is 3. The maximum absolute atomic E-state index is 8.94. The molecule has 0 unspecified atom stereocenters. The molecule has 1 rings (SSSR count). The Hall–Kier alpha value is -0.370. The number of unbranched alkanes of at least 4 members (excludes halogenated alkanes) is 1. The van der Waals surface area contributed by atoms with E-state index >= 15 is 0 Å². The van der Waals surface area contributed by atoms with Crippen LogP contribution in [0.5, 0.6) is 0 Å². The largest absolute Gasteiger partial charge is 0.302 e. The lowest BCUT2D eigenvalue weighted by molar-refractivity contribution is 0.307. The first-order valence-electron chi connectivity index (χ1n) is 6.26. The third-order valence-corrected chi connectivity index (χ3v) is 4.52. The predicted molar refractivity (Wildman–Crippen MR) is 81.6 cm³/mol. The van der Waals surface area contributed by atoms with Gasteiger partial charge < -0.3 is 4.90 Å². The lowest BCUT2D eigenvalue weighted by atomic mass is 9.89. The zero-order valence-electron chi connectivity index (χ0n) is 11.4. The molecule has 0 atom stereocenters. The lowest BCUT2D eigenvalue weighted by Crippen LogP contribution is -2.19. The highest BCUT2D eigenvalue weighted by atomic mass is 79.9. The summed E-state index contributed by atoms with van der Waals surface area (Å²) in [6.07, 6.45) is 3.27. The second kappa shape index (κ2) is 7.28. The molecule has 0 aliphatic carbocycles. The summed E-state index contributed by atoms with van der Waals surface area (Å²) in [6.45, 7) is 6.12. The molecule has 0 bridgehead atoms. The van der Waals surface area contributed by atoms with Crippen molar-refractivity contribution in [3.05, 3.63) is 20.8 Å². The Morgan fingerprint density at radius 1 is 1.44 bits per heavy atom. The maximum atomic E-state index is 8.94. The summed E-state index contributed by atoms with van der Waals surface area (Å²) in [5.41, 5.74) is 1.20. The van der Waals surface area contributed by atoms with Crippen LogP contribution in [-0.2, 0) is 6.54 Å². The molecule has 1 aromatic rings. The van der Waals surface area contributed by atoms with E-state index in [9.17, 15) is 0 Å². The normalized spacial score (nSPS) is 11.8. The van der Waals surface area contributed by atoms with Gasteiger partial charge in [-0.3, -0.25) is 0 Å². The molecule has 1 heterocycles. The van der Waals surface area contributed by atoms with E-state index in [2.05, 4.69) is 45.4 Å². The Morgan fingerprint density at radius 2 is 2.17 bits per heavy atom. The van der Waals surface area contributed by atoms with Crippen molar-refractivity contribution >= 4 is 27.3 Å². The third-order valence-electron chi connectivity index (χ3n) is 2.97. The molecular formula is C14H21BrN2S. The van der Waals surface area contributed by atoms with Gasteiger partial charge in [-0.05, 0) is 73.2 Å². The Morgan fingerprint density at radius 3 is 2.72 bits per heavy atom. The second-order valence-corrected chi connectivity index (χ2v) is 7.74. The summed E-state index contributed by atoms with van der Waals surface area (Å²) in [7, 11) is 2.15. The monoisotopic (exact) mass is 328 g/mol. The minimum absolute atomic E-state index is 0.170. The molecule has 18 heavy (non-hydrogen) atoms. The summed E-state index contributed by atoms with van der Waals surface area (Å²) in [5.74, 6) is 0. The van der Waals surface area contributed by atoms with Gasteiger partial charge in [0.25, 0.3) is 0 Å². The molecule has 0 aliphatic heterocycles. The van der Waals surface area contributed by atoms with E-state index in [1.807, 2.05) is 13.8 Å². The van der Waals surface area contributed by atoms with Gasteiger partial charge >= 0.3 is 0 Å². The first-order chi connectivity index (χ1) is 8.43. The molecule has 0 saturated heterocycles. The molecular weight excluding hydrogens is 308 g/mol. The van der Waals surface area contributed by atoms with Gasteiger partial charge in [0, 0.05) is 6.54 Å². The molecule has 0 radical (unpaired) electrons. The Balaban J connectivity index is 2.18. The van der Waals surface area contributed by atoms with Crippen LogP contribution in [0.15, 0.2) is 15.2 Å².